The molecule has 0 bridgehead atoms. The second-order valence-corrected chi connectivity index (χ2v) is 14.4. The van der Waals surface area contributed by atoms with Crippen molar-refractivity contribution >= 4 is 52.5 Å². The van der Waals surface area contributed by atoms with Gasteiger partial charge >= 0.3 is 12.1 Å². The van der Waals surface area contributed by atoms with Gasteiger partial charge in [0.25, 0.3) is 5.91 Å². The topological polar surface area (TPSA) is 138 Å². The lowest BCUT2D eigenvalue weighted by molar-refractivity contribution is -0.141. The number of aromatic nitrogens is 2. The quantitative estimate of drug-likeness (QED) is 0.159. The molecule has 6 rings (SSSR count). The molecule has 2 saturated carbocycles. The van der Waals surface area contributed by atoms with Gasteiger partial charge < -0.3 is 20.0 Å². The molecule has 1 saturated heterocycles. The monoisotopic (exact) mass is 736 g/mol. The highest BCUT2D eigenvalue weighted by molar-refractivity contribution is 7.14. The average molecular weight is 737 g/mol. The molecule has 0 spiro atoms. The predicted octanol–water partition coefficient (Wildman–Crippen LogP) is 7.58. The first kappa shape index (κ1) is 37.5. The molecule has 9 nitrogen and oxygen atoms in total. The van der Waals surface area contributed by atoms with Gasteiger partial charge in [0.1, 0.15) is 18.4 Å². The summed E-state index contributed by atoms with van der Waals surface area (Å²) >= 11 is 7.50. The number of hydrogen-bond acceptors (Lipinski definition) is 8. The minimum atomic E-state index is -4.86. The molecule has 1 unspecified atom stereocenters. The summed E-state index contributed by atoms with van der Waals surface area (Å²) in [5, 5.41) is 15.5. The van der Waals surface area contributed by atoms with Crippen molar-refractivity contribution in [2.75, 3.05) is 18.4 Å². The van der Waals surface area contributed by atoms with Crippen LogP contribution in [0.2, 0.25) is 5.02 Å². The second-order valence-electron chi connectivity index (χ2n) is 13.2. The Labute approximate surface area is 295 Å². The number of pyridine rings is 1. The van der Waals surface area contributed by atoms with Gasteiger partial charge in [-0.05, 0) is 94.4 Å². The van der Waals surface area contributed by atoms with Crippen LogP contribution in [-0.2, 0) is 26.0 Å². The highest BCUT2D eigenvalue weighted by atomic mass is 35.5. The molecule has 3 fully saturated rings. The van der Waals surface area contributed by atoms with Crippen molar-refractivity contribution in [3.8, 4) is 11.3 Å². The third-order valence-corrected chi connectivity index (χ3v) is 11.2. The predicted molar refractivity (Wildman–Crippen MR) is 180 cm³/mol. The van der Waals surface area contributed by atoms with Crippen molar-refractivity contribution in [1.82, 2.24) is 15.3 Å². The molecule has 3 aromatic rings. The zero-order valence-electron chi connectivity index (χ0n) is 27.0. The first-order chi connectivity index (χ1) is 23.8. The van der Waals surface area contributed by atoms with Gasteiger partial charge in [-0.1, -0.05) is 17.7 Å². The van der Waals surface area contributed by atoms with E-state index in [-0.39, 0.29) is 38.8 Å². The number of nitrogens with one attached hydrogen (secondary N) is 2. The fourth-order valence-corrected chi connectivity index (χ4v) is 8.22. The number of thiazole rings is 1. The Kier molecular flexibility index (Phi) is 12.1. The fourth-order valence-electron chi connectivity index (χ4n) is 7.16. The maximum atomic E-state index is 14.5. The van der Waals surface area contributed by atoms with E-state index in [1.807, 2.05) is 0 Å². The summed E-state index contributed by atoms with van der Waals surface area (Å²) in [7, 11) is 0. The third kappa shape index (κ3) is 8.57. The van der Waals surface area contributed by atoms with Crippen LogP contribution in [0, 0.1) is 29.5 Å². The zero-order valence-corrected chi connectivity index (χ0v) is 28.6. The Morgan fingerprint density at radius 3 is 2.32 bits per heavy atom. The highest BCUT2D eigenvalue weighted by Crippen LogP contribution is 2.47. The SMILES string of the molecule is O=C(O)C1CCNC1.O=CC1CCC(C2CCC(C=O)(c3ncc(C(=O)Nc4nc(-c5cccc(C(F)(F)F)c5F)cs4)cc3Cl)CC2)CC1. The molecule has 15 heteroatoms. The summed E-state index contributed by atoms with van der Waals surface area (Å²) in [6.45, 7) is 1.51. The van der Waals surface area contributed by atoms with Crippen LogP contribution in [0.25, 0.3) is 11.3 Å². The Morgan fingerprint density at radius 2 is 1.76 bits per heavy atom. The number of benzene rings is 1. The number of alkyl halides is 3. The number of rotatable bonds is 8. The standard InChI is InChI=1S/C30H28ClF4N3O3S.C5H9NO2/c31-23-12-20(27(41)38-28-37-24(15-42-28)21-2-1-3-22(25(21)32)30(33,34)35)13-36-26(23)29(16-40)10-8-19(9-11-29)18-6-4-17(14-39)5-7-18;7-5(8)4-1-2-6-3-4/h1-3,12-19H,4-11H2,(H,37,38,41);4,6H,1-3H2,(H,7,8). The number of carbonyl (C=O) groups is 4. The van der Waals surface area contributed by atoms with Gasteiger partial charge in [-0.25, -0.2) is 9.37 Å². The van der Waals surface area contributed by atoms with Crippen LogP contribution in [-0.4, -0.2) is 52.6 Å². The number of hydrogen-bond donors (Lipinski definition) is 3. The summed E-state index contributed by atoms with van der Waals surface area (Å²) < 4.78 is 53.8. The summed E-state index contributed by atoms with van der Waals surface area (Å²) in [5.74, 6) is -1.66. The van der Waals surface area contributed by atoms with Crippen LogP contribution in [0.15, 0.2) is 35.8 Å². The molecule has 0 radical (unpaired) electrons. The second kappa shape index (κ2) is 16.1. The number of amides is 1. The van der Waals surface area contributed by atoms with E-state index < -0.39 is 34.8 Å². The summed E-state index contributed by atoms with van der Waals surface area (Å²) in [4.78, 5) is 55.0. The lowest BCUT2D eigenvalue weighted by atomic mass is 9.64. The lowest BCUT2D eigenvalue weighted by Crippen LogP contribution is -2.37. The van der Waals surface area contributed by atoms with Crippen LogP contribution in [0.1, 0.15) is 79.4 Å². The molecule has 1 amide bonds. The number of nitrogens with zero attached hydrogens (tertiary/aromatic N) is 2. The fraction of sp³-hybridized carbons (Fsp3) is 0.486. The number of aldehydes is 2. The van der Waals surface area contributed by atoms with Crippen molar-refractivity contribution in [2.24, 2.45) is 23.7 Å². The van der Waals surface area contributed by atoms with E-state index in [1.54, 1.807) is 0 Å². The third-order valence-electron chi connectivity index (χ3n) is 10.1. The van der Waals surface area contributed by atoms with E-state index in [2.05, 4.69) is 20.6 Å². The number of carbonyl (C=O) groups excluding carboxylic acids is 3. The molecule has 1 aliphatic heterocycles. The number of carboxylic acid groups (broad SMARTS) is 1. The molecule has 1 atom stereocenters. The van der Waals surface area contributed by atoms with Crippen molar-refractivity contribution in [3.05, 3.63) is 63.5 Å². The van der Waals surface area contributed by atoms with Gasteiger partial charge in [0.15, 0.2) is 5.13 Å². The van der Waals surface area contributed by atoms with Gasteiger partial charge in [-0.15, -0.1) is 11.3 Å². The minimum absolute atomic E-state index is 0.0503. The maximum Gasteiger partial charge on any atom is 0.419 e. The first-order valence-electron chi connectivity index (χ1n) is 16.5. The van der Waals surface area contributed by atoms with E-state index in [9.17, 15) is 36.7 Å². The van der Waals surface area contributed by atoms with Crippen LogP contribution >= 0.6 is 22.9 Å². The van der Waals surface area contributed by atoms with Crippen molar-refractivity contribution in [1.29, 1.82) is 0 Å². The van der Waals surface area contributed by atoms with Gasteiger partial charge in [0, 0.05) is 29.6 Å². The largest absolute Gasteiger partial charge is 0.481 e. The van der Waals surface area contributed by atoms with E-state index in [4.69, 9.17) is 16.7 Å². The molecule has 3 heterocycles. The molecule has 1 aromatic carbocycles. The Balaban J connectivity index is 0.000000535. The van der Waals surface area contributed by atoms with Crippen LogP contribution in [0.5, 0.6) is 0 Å². The molecule has 268 valence electrons. The van der Waals surface area contributed by atoms with Crippen LogP contribution < -0.4 is 10.6 Å². The number of halogens is 5. The molecular formula is C35H37ClF4N4O5S. The summed E-state index contributed by atoms with van der Waals surface area (Å²) in [6.07, 6.45) is 6.03. The smallest absolute Gasteiger partial charge is 0.419 e. The van der Waals surface area contributed by atoms with Crippen molar-refractivity contribution in [3.63, 3.8) is 0 Å². The minimum Gasteiger partial charge on any atom is -0.481 e. The maximum absolute atomic E-state index is 14.5. The van der Waals surface area contributed by atoms with E-state index in [1.165, 1.54) is 23.7 Å². The molecule has 50 heavy (non-hydrogen) atoms. The number of carboxylic acids is 1. The molecule has 2 aliphatic carbocycles. The number of anilines is 1. The zero-order chi connectivity index (χ0) is 36.1. The Morgan fingerprint density at radius 1 is 1.06 bits per heavy atom. The van der Waals surface area contributed by atoms with Gasteiger partial charge in [-0.2, -0.15) is 13.2 Å². The van der Waals surface area contributed by atoms with E-state index >= 15 is 0 Å². The molecular weight excluding hydrogens is 700 g/mol. The molecule has 2 aromatic heterocycles. The van der Waals surface area contributed by atoms with Gasteiger partial charge in [0.2, 0.25) is 0 Å². The van der Waals surface area contributed by atoms with Crippen LogP contribution in [0.4, 0.5) is 22.7 Å². The first-order valence-corrected chi connectivity index (χ1v) is 17.7. The molecule has 3 aliphatic rings. The Bertz CT molecular complexity index is 1700. The summed E-state index contributed by atoms with van der Waals surface area (Å²) in [6, 6.07) is 4.35. The summed E-state index contributed by atoms with van der Waals surface area (Å²) in [5.41, 5.74) is -2.10. The van der Waals surface area contributed by atoms with Gasteiger partial charge in [-0.3, -0.25) is 19.9 Å². The Hall–Kier alpha value is -3.75. The van der Waals surface area contributed by atoms with Gasteiger partial charge in [0.05, 0.1) is 38.9 Å². The highest BCUT2D eigenvalue weighted by Gasteiger charge is 2.42. The number of aliphatic carboxylic acids is 1. The normalized spacial score (nSPS) is 25.2. The average Bonchev–Trinajstić information content (AvgIpc) is 3.82. The molecule has 3 N–H and O–H groups in total. The van der Waals surface area contributed by atoms with E-state index in [0.717, 1.165) is 81.5 Å². The van der Waals surface area contributed by atoms with Crippen molar-refractivity contribution in [2.45, 2.75) is 69.4 Å². The lowest BCUT2D eigenvalue weighted by Gasteiger charge is -2.40. The van der Waals surface area contributed by atoms with Crippen molar-refractivity contribution < 1.29 is 41.8 Å². The van der Waals surface area contributed by atoms with E-state index in [0.29, 0.717) is 43.0 Å². The van der Waals surface area contributed by atoms with Crippen LogP contribution in [0.3, 0.4) is 0 Å².